The SMILES string of the molecule is COc1cccc(-c2cc3c(OCCC4CCCCN4)c(-c4cc(C)cc(C)c4)cnc3cc2Cl)c1OC. The van der Waals surface area contributed by atoms with E-state index in [2.05, 4.69) is 43.4 Å². The highest BCUT2D eigenvalue weighted by Crippen LogP contribution is 2.44. The maximum absolute atomic E-state index is 6.83. The number of ether oxygens (including phenoxy) is 3. The monoisotopic (exact) mass is 530 g/mol. The van der Waals surface area contributed by atoms with Gasteiger partial charge in [-0.2, -0.15) is 0 Å². The van der Waals surface area contributed by atoms with Gasteiger partial charge < -0.3 is 19.5 Å². The summed E-state index contributed by atoms with van der Waals surface area (Å²) in [7, 11) is 3.28. The van der Waals surface area contributed by atoms with Crippen LogP contribution in [0.25, 0.3) is 33.2 Å². The Morgan fingerprint density at radius 3 is 2.45 bits per heavy atom. The average molecular weight is 531 g/mol. The van der Waals surface area contributed by atoms with E-state index >= 15 is 0 Å². The van der Waals surface area contributed by atoms with Gasteiger partial charge in [-0.15, -0.1) is 0 Å². The van der Waals surface area contributed by atoms with Crippen LogP contribution in [0.5, 0.6) is 17.2 Å². The molecule has 5 rings (SSSR count). The lowest BCUT2D eigenvalue weighted by atomic mass is 9.97. The molecular formula is C32H35ClN2O3. The standard InChI is InChI=1S/C32H35ClN2O3/c1-20-14-21(2)16-22(15-20)27-19-35-29-18-28(33)25(24-9-7-10-30(36-3)32(24)37-4)17-26(29)31(27)38-13-11-23-8-5-6-12-34-23/h7,9-10,14-19,23,34H,5-6,8,11-13H2,1-4H3. The highest BCUT2D eigenvalue weighted by molar-refractivity contribution is 6.34. The molecule has 6 heteroatoms. The molecule has 198 valence electrons. The molecule has 38 heavy (non-hydrogen) atoms. The van der Waals surface area contributed by atoms with Gasteiger partial charge in [0.1, 0.15) is 5.75 Å². The molecule has 1 aliphatic heterocycles. The summed E-state index contributed by atoms with van der Waals surface area (Å²) >= 11 is 6.83. The van der Waals surface area contributed by atoms with Crippen LogP contribution in [0.3, 0.4) is 0 Å². The molecule has 0 radical (unpaired) electrons. The van der Waals surface area contributed by atoms with Crippen molar-refractivity contribution in [2.45, 2.75) is 45.6 Å². The van der Waals surface area contributed by atoms with Crippen LogP contribution in [0.2, 0.25) is 5.02 Å². The zero-order valence-electron chi connectivity index (χ0n) is 22.6. The van der Waals surface area contributed by atoms with Gasteiger partial charge in [-0.05, 0) is 63.4 Å². The Kier molecular flexibility index (Phi) is 8.06. The number of fused-ring (bicyclic) bond motifs is 1. The van der Waals surface area contributed by atoms with E-state index in [1.807, 2.05) is 30.5 Å². The first kappa shape index (κ1) is 26.3. The molecule has 0 saturated carbocycles. The fourth-order valence-corrected chi connectivity index (χ4v) is 5.72. The van der Waals surface area contributed by atoms with Gasteiger partial charge in [0.15, 0.2) is 11.5 Å². The lowest BCUT2D eigenvalue weighted by Gasteiger charge is -2.24. The second-order valence-electron chi connectivity index (χ2n) is 10.1. The van der Waals surface area contributed by atoms with Crippen molar-refractivity contribution in [3.05, 3.63) is 70.9 Å². The van der Waals surface area contributed by atoms with Crippen LogP contribution >= 0.6 is 11.6 Å². The minimum Gasteiger partial charge on any atom is -0.493 e. The van der Waals surface area contributed by atoms with Crippen molar-refractivity contribution in [1.82, 2.24) is 10.3 Å². The number of hydrogen-bond donors (Lipinski definition) is 1. The van der Waals surface area contributed by atoms with Crippen LogP contribution in [0.15, 0.2) is 54.7 Å². The first-order valence-electron chi connectivity index (χ1n) is 13.3. The first-order valence-corrected chi connectivity index (χ1v) is 13.6. The molecule has 1 saturated heterocycles. The van der Waals surface area contributed by atoms with E-state index in [1.165, 1.54) is 30.4 Å². The molecule has 1 fully saturated rings. The molecule has 5 nitrogen and oxygen atoms in total. The predicted molar refractivity (Wildman–Crippen MR) is 156 cm³/mol. The summed E-state index contributed by atoms with van der Waals surface area (Å²) in [5.74, 6) is 2.12. The van der Waals surface area contributed by atoms with Gasteiger partial charge in [0.2, 0.25) is 0 Å². The zero-order chi connectivity index (χ0) is 26.6. The van der Waals surface area contributed by atoms with Gasteiger partial charge in [-0.1, -0.05) is 59.5 Å². The van der Waals surface area contributed by atoms with Crippen molar-refractivity contribution >= 4 is 22.5 Å². The van der Waals surface area contributed by atoms with Crippen molar-refractivity contribution in [3.8, 4) is 39.5 Å². The Morgan fingerprint density at radius 2 is 1.74 bits per heavy atom. The van der Waals surface area contributed by atoms with Gasteiger partial charge in [0, 0.05) is 34.3 Å². The minimum atomic E-state index is 0.493. The van der Waals surface area contributed by atoms with Crippen molar-refractivity contribution in [1.29, 1.82) is 0 Å². The molecule has 1 atom stereocenters. The number of rotatable bonds is 8. The summed E-state index contributed by atoms with van der Waals surface area (Å²) in [5.41, 5.74) is 6.97. The predicted octanol–water partition coefficient (Wildman–Crippen LogP) is 7.77. The van der Waals surface area contributed by atoms with Crippen molar-refractivity contribution in [2.24, 2.45) is 0 Å². The van der Waals surface area contributed by atoms with Gasteiger partial charge >= 0.3 is 0 Å². The Hall–Kier alpha value is -3.28. The normalized spacial score (nSPS) is 15.4. The van der Waals surface area contributed by atoms with Crippen molar-refractivity contribution in [3.63, 3.8) is 0 Å². The molecule has 1 unspecified atom stereocenters. The summed E-state index contributed by atoms with van der Waals surface area (Å²) in [6.07, 6.45) is 6.58. The molecule has 1 aliphatic rings. The van der Waals surface area contributed by atoms with E-state index in [1.54, 1.807) is 14.2 Å². The number of hydrogen-bond acceptors (Lipinski definition) is 5. The maximum Gasteiger partial charge on any atom is 0.168 e. The summed E-state index contributed by atoms with van der Waals surface area (Å²) in [4.78, 5) is 4.81. The molecule has 3 aromatic carbocycles. The topological polar surface area (TPSA) is 52.6 Å². The van der Waals surface area contributed by atoms with E-state index < -0.39 is 0 Å². The number of benzene rings is 3. The van der Waals surface area contributed by atoms with E-state index in [0.717, 1.165) is 51.9 Å². The number of halogens is 1. The molecule has 1 aromatic heterocycles. The molecular weight excluding hydrogens is 496 g/mol. The van der Waals surface area contributed by atoms with Crippen LogP contribution in [0.4, 0.5) is 0 Å². The first-order chi connectivity index (χ1) is 18.5. The number of nitrogens with zero attached hydrogens (tertiary/aromatic N) is 1. The number of aromatic nitrogens is 1. The third kappa shape index (κ3) is 5.45. The number of nitrogens with one attached hydrogen (secondary N) is 1. The Bertz CT molecular complexity index is 1430. The summed E-state index contributed by atoms with van der Waals surface area (Å²) in [5, 5.41) is 5.14. The molecule has 1 N–H and O–H groups in total. The van der Waals surface area contributed by atoms with E-state index in [-0.39, 0.29) is 0 Å². The molecule has 0 amide bonds. The highest BCUT2D eigenvalue weighted by atomic mass is 35.5. The quantitative estimate of drug-likeness (QED) is 0.252. The summed E-state index contributed by atoms with van der Waals surface area (Å²) < 4.78 is 17.9. The second kappa shape index (κ2) is 11.6. The van der Waals surface area contributed by atoms with Crippen LogP contribution < -0.4 is 19.5 Å². The van der Waals surface area contributed by atoms with Crippen LogP contribution in [-0.4, -0.2) is 38.4 Å². The largest absolute Gasteiger partial charge is 0.493 e. The third-order valence-corrected chi connectivity index (χ3v) is 7.57. The maximum atomic E-state index is 6.83. The molecule has 2 heterocycles. The van der Waals surface area contributed by atoms with Gasteiger partial charge in [0.05, 0.1) is 31.4 Å². The zero-order valence-corrected chi connectivity index (χ0v) is 23.3. The fraction of sp³-hybridized carbons (Fsp3) is 0.344. The third-order valence-electron chi connectivity index (χ3n) is 7.26. The Morgan fingerprint density at radius 1 is 0.921 bits per heavy atom. The van der Waals surface area contributed by atoms with E-state index in [9.17, 15) is 0 Å². The van der Waals surface area contributed by atoms with Crippen molar-refractivity contribution in [2.75, 3.05) is 27.4 Å². The fourth-order valence-electron chi connectivity index (χ4n) is 5.46. The van der Waals surface area contributed by atoms with Crippen molar-refractivity contribution < 1.29 is 14.2 Å². The number of aryl methyl sites for hydroxylation is 2. The summed E-state index contributed by atoms with van der Waals surface area (Å²) in [6, 6.07) is 16.8. The lowest BCUT2D eigenvalue weighted by Crippen LogP contribution is -2.35. The smallest absolute Gasteiger partial charge is 0.168 e. The molecule has 4 aromatic rings. The number of pyridine rings is 1. The number of piperidine rings is 1. The molecule has 0 bridgehead atoms. The highest BCUT2D eigenvalue weighted by Gasteiger charge is 2.20. The van der Waals surface area contributed by atoms with E-state index in [0.29, 0.717) is 29.2 Å². The Balaban J connectivity index is 1.65. The second-order valence-corrected chi connectivity index (χ2v) is 10.5. The van der Waals surface area contributed by atoms with Gasteiger partial charge in [-0.3, -0.25) is 4.98 Å². The average Bonchev–Trinajstić information content (AvgIpc) is 2.92. The van der Waals surface area contributed by atoms with E-state index in [4.69, 9.17) is 30.8 Å². The van der Waals surface area contributed by atoms with Crippen LogP contribution in [0.1, 0.15) is 36.8 Å². The molecule has 0 spiro atoms. The number of methoxy groups -OCH3 is 2. The molecule has 0 aliphatic carbocycles. The number of para-hydroxylation sites is 1. The Labute approximate surface area is 230 Å². The van der Waals surface area contributed by atoms with Crippen LogP contribution in [-0.2, 0) is 0 Å². The minimum absolute atomic E-state index is 0.493. The summed E-state index contributed by atoms with van der Waals surface area (Å²) in [6.45, 7) is 5.94. The van der Waals surface area contributed by atoms with Gasteiger partial charge in [0.25, 0.3) is 0 Å². The van der Waals surface area contributed by atoms with Crippen LogP contribution in [0, 0.1) is 13.8 Å². The van der Waals surface area contributed by atoms with Gasteiger partial charge in [-0.25, -0.2) is 0 Å². The lowest BCUT2D eigenvalue weighted by molar-refractivity contribution is 0.271.